The van der Waals surface area contributed by atoms with Crippen LogP contribution in [0.3, 0.4) is 0 Å². The van der Waals surface area contributed by atoms with Crippen molar-refractivity contribution in [1.82, 2.24) is 19.6 Å². The zero-order valence-electron chi connectivity index (χ0n) is 24.5. The number of piperazine rings is 1. The van der Waals surface area contributed by atoms with E-state index in [4.69, 9.17) is 21.1 Å². The molecule has 2 aromatic carbocycles. The van der Waals surface area contributed by atoms with Crippen molar-refractivity contribution >= 4 is 57.5 Å². The topological polar surface area (TPSA) is 89.3 Å². The van der Waals surface area contributed by atoms with E-state index in [9.17, 15) is 22.8 Å². The van der Waals surface area contributed by atoms with Gasteiger partial charge in [0.05, 0.1) is 41.4 Å². The van der Waals surface area contributed by atoms with Gasteiger partial charge in [-0.1, -0.05) is 23.7 Å². The molecule has 2 aliphatic heterocycles. The predicted molar refractivity (Wildman–Crippen MR) is 163 cm³/mol. The molecule has 9 nitrogen and oxygen atoms in total. The number of alkyl halides is 3. The molecule has 14 heteroatoms. The fraction of sp³-hybridized carbons (Fsp3) is 0.400. The lowest BCUT2D eigenvalue weighted by Gasteiger charge is -2.41. The molecule has 1 atom stereocenters. The first-order chi connectivity index (χ1) is 20.7. The molecule has 1 aromatic heterocycles. The summed E-state index contributed by atoms with van der Waals surface area (Å²) in [5, 5.41) is 5.56. The highest BCUT2D eigenvalue weighted by atomic mass is 35.5. The van der Waals surface area contributed by atoms with Gasteiger partial charge in [-0.25, -0.2) is 4.79 Å². The van der Waals surface area contributed by atoms with Crippen molar-refractivity contribution in [2.75, 3.05) is 33.4 Å². The van der Waals surface area contributed by atoms with Gasteiger partial charge < -0.3 is 14.4 Å². The molecule has 3 heterocycles. The molecule has 1 saturated heterocycles. The first-order valence-electron chi connectivity index (χ1n) is 13.8. The van der Waals surface area contributed by atoms with E-state index in [2.05, 4.69) is 10.1 Å². The molecular formula is C30H31ClF3N5O4S. The minimum atomic E-state index is -4.55. The Hall–Kier alpha value is -3.55. The lowest BCUT2D eigenvalue weighted by atomic mass is 10.1. The van der Waals surface area contributed by atoms with Gasteiger partial charge in [0, 0.05) is 37.2 Å². The molecule has 0 bridgehead atoms. The molecule has 234 valence electrons. The van der Waals surface area contributed by atoms with Crippen LogP contribution >= 0.6 is 23.4 Å². The summed E-state index contributed by atoms with van der Waals surface area (Å²) in [5.74, 6) is -0.374. The molecule has 1 fully saturated rings. The summed E-state index contributed by atoms with van der Waals surface area (Å²) in [4.78, 5) is 33.9. The van der Waals surface area contributed by atoms with Crippen LogP contribution in [0, 0.1) is 0 Å². The number of halogens is 4. The van der Waals surface area contributed by atoms with Gasteiger partial charge in [0.25, 0.3) is 5.91 Å². The fourth-order valence-electron chi connectivity index (χ4n) is 5.04. The third-order valence-electron chi connectivity index (χ3n) is 7.01. The molecule has 2 aliphatic rings. The maximum atomic E-state index is 13.6. The molecule has 0 spiro atoms. The Bertz CT molecular complexity index is 1650. The zero-order valence-corrected chi connectivity index (χ0v) is 26.1. The van der Waals surface area contributed by atoms with Gasteiger partial charge in [0.1, 0.15) is 5.60 Å². The highest BCUT2D eigenvalue weighted by molar-refractivity contribution is 8.18. The van der Waals surface area contributed by atoms with Crippen LogP contribution in [-0.4, -0.2) is 81.7 Å². The maximum Gasteiger partial charge on any atom is 0.416 e. The molecule has 0 unspecified atom stereocenters. The Morgan fingerprint density at radius 3 is 2.64 bits per heavy atom. The summed E-state index contributed by atoms with van der Waals surface area (Å²) in [6, 6.07) is 8.76. The molecule has 3 aromatic rings. The van der Waals surface area contributed by atoms with Crippen LogP contribution in [0.15, 0.2) is 52.5 Å². The summed E-state index contributed by atoms with van der Waals surface area (Å²) in [6.45, 7) is 6.93. The van der Waals surface area contributed by atoms with Gasteiger partial charge >= 0.3 is 12.3 Å². The number of thioether (sulfide) groups is 1. The number of fused-ring (bicyclic) bond motifs is 1. The number of nitrogens with zero attached hydrogens (tertiary/aromatic N) is 5. The number of amidine groups is 1. The number of hydrogen-bond acceptors (Lipinski definition) is 7. The van der Waals surface area contributed by atoms with Crippen LogP contribution in [0.1, 0.15) is 37.5 Å². The number of aromatic nitrogens is 2. The number of methoxy groups -OCH3 is 1. The number of rotatable bonds is 5. The summed E-state index contributed by atoms with van der Waals surface area (Å²) < 4.78 is 53.2. The Morgan fingerprint density at radius 1 is 1.16 bits per heavy atom. The second kappa shape index (κ2) is 12.4. The van der Waals surface area contributed by atoms with Gasteiger partial charge in [-0.3, -0.25) is 14.4 Å². The molecule has 0 saturated carbocycles. The van der Waals surface area contributed by atoms with E-state index >= 15 is 0 Å². The van der Waals surface area contributed by atoms with Crippen molar-refractivity contribution in [2.45, 2.75) is 45.1 Å². The van der Waals surface area contributed by atoms with Crippen LogP contribution in [0.2, 0.25) is 5.02 Å². The molecule has 44 heavy (non-hydrogen) atoms. The van der Waals surface area contributed by atoms with Crippen LogP contribution in [0.25, 0.3) is 17.0 Å². The minimum Gasteiger partial charge on any atom is -0.444 e. The molecule has 2 amide bonds. The molecule has 0 N–H and O–H groups in total. The second-order valence-electron chi connectivity index (χ2n) is 11.5. The average Bonchev–Trinajstić information content (AvgIpc) is 3.50. The van der Waals surface area contributed by atoms with Gasteiger partial charge in [-0.2, -0.15) is 23.3 Å². The van der Waals surface area contributed by atoms with E-state index in [-0.39, 0.29) is 29.1 Å². The highest BCUT2D eigenvalue weighted by Gasteiger charge is 2.37. The predicted octanol–water partition coefficient (Wildman–Crippen LogP) is 6.29. The first kappa shape index (κ1) is 31.9. The number of ether oxygens (including phenoxy) is 2. The lowest BCUT2D eigenvalue weighted by molar-refractivity contribution is -0.138. The van der Waals surface area contributed by atoms with Crippen LogP contribution < -0.4 is 0 Å². The fourth-order valence-corrected chi connectivity index (χ4v) is 6.16. The minimum absolute atomic E-state index is 0.00777. The Morgan fingerprint density at radius 2 is 1.93 bits per heavy atom. The number of amides is 2. The van der Waals surface area contributed by atoms with Gasteiger partial charge in [0.2, 0.25) is 0 Å². The maximum absolute atomic E-state index is 13.6. The van der Waals surface area contributed by atoms with Crippen molar-refractivity contribution in [1.29, 1.82) is 0 Å². The average molecular weight is 650 g/mol. The normalized spacial score (nSPS) is 18.8. The summed E-state index contributed by atoms with van der Waals surface area (Å²) in [7, 11) is 1.57. The number of carbonyl (C=O) groups is 2. The van der Waals surface area contributed by atoms with E-state index in [1.54, 1.807) is 36.4 Å². The van der Waals surface area contributed by atoms with Crippen LogP contribution in [0.5, 0.6) is 0 Å². The quantitative estimate of drug-likeness (QED) is 0.300. The van der Waals surface area contributed by atoms with E-state index in [1.807, 2.05) is 31.7 Å². The molecule has 5 rings (SSSR count). The second-order valence-corrected chi connectivity index (χ2v) is 12.9. The van der Waals surface area contributed by atoms with Crippen molar-refractivity contribution in [3.05, 3.63) is 69.2 Å². The summed E-state index contributed by atoms with van der Waals surface area (Å²) in [6.07, 6.45) is -1.66. The van der Waals surface area contributed by atoms with Crippen LogP contribution in [-0.2, 0) is 27.0 Å². The number of hydrogen-bond donors (Lipinski definition) is 0. The summed E-state index contributed by atoms with van der Waals surface area (Å²) in [5.41, 5.74) is -0.0144. The smallest absolute Gasteiger partial charge is 0.416 e. The van der Waals surface area contributed by atoms with Gasteiger partial charge in [0.15, 0.2) is 5.17 Å². The van der Waals surface area contributed by atoms with Crippen molar-refractivity contribution in [2.24, 2.45) is 4.99 Å². The van der Waals surface area contributed by atoms with E-state index in [0.717, 1.165) is 11.6 Å². The van der Waals surface area contributed by atoms with Crippen molar-refractivity contribution in [3.8, 4) is 0 Å². The third kappa shape index (κ3) is 7.22. The monoisotopic (exact) mass is 649 g/mol. The Labute approximate surface area is 261 Å². The highest BCUT2D eigenvalue weighted by Crippen LogP contribution is 2.35. The lowest BCUT2D eigenvalue weighted by Crippen LogP contribution is -2.58. The van der Waals surface area contributed by atoms with Gasteiger partial charge in [-0.15, -0.1) is 0 Å². The number of aliphatic imine (C=N–C) groups is 1. The van der Waals surface area contributed by atoms with E-state index < -0.39 is 23.4 Å². The van der Waals surface area contributed by atoms with Crippen LogP contribution in [0.4, 0.5) is 18.0 Å². The van der Waals surface area contributed by atoms with Gasteiger partial charge in [-0.05, 0) is 74.0 Å². The SMILES string of the molecule is COC[C@H]1CN(C2=NC(=O)C(=Cc3ccc4c(cnn4Cc4ccc(Cl)cc4C(F)(F)F)c3)S2)CCN1C(=O)OC(C)(C)C. The zero-order chi connectivity index (χ0) is 31.8. The molecule has 0 aliphatic carbocycles. The third-order valence-corrected chi connectivity index (χ3v) is 8.29. The largest absolute Gasteiger partial charge is 0.444 e. The van der Waals surface area contributed by atoms with E-state index in [1.165, 1.54) is 28.6 Å². The van der Waals surface area contributed by atoms with Crippen molar-refractivity contribution in [3.63, 3.8) is 0 Å². The van der Waals surface area contributed by atoms with E-state index in [0.29, 0.717) is 47.2 Å². The Kier molecular flexibility index (Phi) is 9.01. The summed E-state index contributed by atoms with van der Waals surface area (Å²) >= 11 is 7.07. The van der Waals surface area contributed by atoms with Crippen molar-refractivity contribution < 1.29 is 32.2 Å². The Balaban J connectivity index is 1.29. The number of carbonyl (C=O) groups excluding carboxylic acids is 2. The molecule has 0 radical (unpaired) electrons. The number of benzene rings is 2. The standard InChI is InChI=1S/C30H31ClF3N5O4S/c1-29(2,3)43-28(41)38-10-9-37(16-22(38)17-42-4)27-36-26(40)25(44-27)12-18-5-8-24-20(11-18)14-35-39(24)15-19-6-7-21(31)13-23(19)30(32,33)34/h5-8,11-14,22H,9-10,15-17H2,1-4H3/t22-/m1/s1. The molecular weight excluding hydrogens is 619 g/mol. The first-order valence-corrected chi connectivity index (χ1v) is 15.0.